The fraction of sp³-hybridized carbons (Fsp3) is 0.667. The Balaban J connectivity index is 1.22. The minimum atomic E-state index is -1.45. The third-order valence-electron chi connectivity index (χ3n) is 21.0. The minimum absolute atomic E-state index is 0.0183. The molecule has 1 aliphatic heterocycles. The zero-order valence-corrected chi connectivity index (χ0v) is 70.6. The maximum Gasteiger partial charge on any atom is 0.265 e. The molecule has 30 heteroatoms. The lowest BCUT2D eigenvalue weighted by Crippen LogP contribution is -2.60. The van der Waals surface area contributed by atoms with Gasteiger partial charge in [0.25, 0.3) is 11.8 Å². The molecule has 0 saturated carbocycles. The molecule has 2 unspecified atom stereocenters. The van der Waals surface area contributed by atoms with Crippen LogP contribution in [-0.4, -0.2) is 179 Å². The van der Waals surface area contributed by atoms with Crippen molar-refractivity contribution < 1.29 is 62.3 Å². The number of primary amides is 1. The summed E-state index contributed by atoms with van der Waals surface area (Å²) in [4.78, 5) is 174. The number of imidazole rings is 1. The molecule has 3 heterocycles. The van der Waals surface area contributed by atoms with Crippen LogP contribution in [0.25, 0.3) is 10.9 Å². The van der Waals surface area contributed by atoms with Crippen molar-refractivity contribution in [3.63, 3.8) is 0 Å². The summed E-state index contributed by atoms with van der Waals surface area (Å²) in [5.41, 5.74) is 11.4. The van der Waals surface area contributed by atoms with Gasteiger partial charge in [0, 0.05) is 101 Å². The topological polar surface area (TPSA) is 432 Å². The Morgan fingerprint density at radius 1 is 0.444 bits per heavy atom. The first kappa shape index (κ1) is 98.3. The summed E-state index contributed by atoms with van der Waals surface area (Å²) in [6, 6.07) is 8.62. The van der Waals surface area contributed by atoms with E-state index in [1.54, 1.807) is 36.5 Å². The molecule has 0 radical (unpaired) electrons. The number of ether oxygens (including phenoxy) is 1. The van der Waals surface area contributed by atoms with Crippen LogP contribution in [0, 0.1) is 0 Å². The minimum Gasteiger partial charge on any atom is -0.368 e. The van der Waals surface area contributed by atoms with Gasteiger partial charge in [-0.3, -0.25) is 57.5 Å². The van der Waals surface area contributed by atoms with Gasteiger partial charge in [0.15, 0.2) is 0 Å². The maximum atomic E-state index is 15.0. The summed E-state index contributed by atoms with van der Waals surface area (Å²) in [7, 11) is 0. The Hall–Kier alpha value is -9.29. The van der Waals surface area contributed by atoms with E-state index in [2.05, 4.69) is 92.7 Å². The lowest BCUT2D eigenvalue weighted by atomic mass is 10.0. The molecular weight excluding hydrogens is 1490 g/mol. The SMILES string of the molecule is CCCCCCCCCCCCCCCC(=O)NCCCNC(=O)C1NN(CC(=O)NCCCC[C@H](NC(=O)[C@@H](Cc2ccccc2)NC(=O)[C@H](Cc2cnc[nH]2)NC(=O)[C@H](C)NC(=O)[C@H](CCCC)NC(C)=O)C(=O)N[C@@H](Cc2c[nH]c3ccccc23)C(N)=O)C(C(=O)NCCCNC(=O)CCCCCCCCCCCCCCC)O1. The van der Waals surface area contributed by atoms with Crippen LogP contribution in [0.2, 0.25) is 0 Å². The van der Waals surface area contributed by atoms with E-state index < -0.39 is 114 Å². The Morgan fingerprint density at radius 2 is 0.897 bits per heavy atom. The second-order valence-electron chi connectivity index (χ2n) is 31.3. The van der Waals surface area contributed by atoms with Crippen molar-refractivity contribution in [2.75, 3.05) is 39.3 Å². The summed E-state index contributed by atoms with van der Waals surface area (Å²) >= 11 is 0. The number of nitrogens with one attached hydrogen (secondary N) is 14. The Labute approximate surface area is 693 Å². The number of hydrogen-bond donors (Lipinski definition) is 15. The highest BCUT2D eigenvalue weighted by Crippen LogP contribution is 2.21. The van der Waals surface area contributed by atoms with Crippen LogP contribution < -0.4 is 69.6 Å². The lowest BCUT2D eigenvalue weighted by molar-refractivity contribution is -0.144. The maximum absolute atomic E-state index is 15.0. The standard InChI is InChI=1S/C87H141N17O13/c1-6-9-12-14-16-18-20-22-24-26-28-30-35-49-75(106)90-52-41-54-93-84(115)86-103-104(87(117-86)85(116)94-55-42-53-91-76(107)50-36-31-29-27-25-23-21-19-17-15-13-10-7-2)61-77(108)92-51-40-39-48-71(81(112)100-72(78(88)109)57-66-59-95-69-47-38-37-45-68(66)69)99-82(113)73(56-65-43-33-32-34-44-65)102-83(114)74(58-67-60-89-62-96-67)101-79(110)63(4)97-80(111)70(46-11-8-3)98-64(5)105/h32-34,37-38,43-45,47,59-60,62-63,70-74,86-87,95,103H,6-31,35-36,39-42,46,48-58,61H2,1-5H3,(H2,88,109)(H,89,96)(H,90,106)(H,91,107)(H,92,108)(H,93,115)(H,94,116)(H,97,111)(H,98,105)(H,99,113)(H,100,112)(H,101,110)(H,102,114)/t63-,70-,71-,72-,73+,74-,86?,87?/m0/s1. The number of unbranched alkanes of at least 4 members (excludes halogenated alkanes) is 26. The monoisotopic (exact) mass is 1630 g/mol. The number of hydrazine groups is 1. The van der Waals surface area contributed by atoms with E-state index in [0.29, 0.717) is 68.4 Å². The molecule has 16 N–H and O–H groups in total. The van der Waals surface area contributed by atoms with Crippen LogP contribution in [0.4, 0.5) is 0 Å². The van der Waals surface area contributed by atoms with Crippen molar-refractivity contribution in [2.24, 2.45) is 5.73 Å². The third kappa shape index (κ3) is 41.6. The quantitative estimate of drug-likeness (QED) is 0.0184. The van der Waals surface area contributed by atoms with E-state index in [0.717, 1.165) is 55.8 Å². The Bertz CT molecular complexity index is 3560. The summed E-state index contributed by atoms with van der Waals surface area (Å²) in [5, 5.41) is 32.7. The number of aromatic nitrogens is 3. The first-order valence-corrected chi connectivity index (χ1v) is 43.9. The van der Waals surface area contributed by atoms with Gasteiger partial charge in [0.05, 0.1) is 12.9 Å². The molecule has 1 saturated heterocycles. The largest absolute Gasteiger partial charge is 0.368 e. The molecule has 2 aromatic heterocycles. The van der Waals surface area contributed by atoms with Gasteiger partial charge in [-0.15, -0.1) is 0 Å². The normalized spacial score (nSPS) is 14.8. The summed E-state index contributed by atoms with van der Waals surface area (Å²) in [6.07, 6.45) is 36.6. The molecule has 4 aromatic rings. The second kappa shape index (κ2) is 59.4. The van der Waals surface area contributed by atoms with E-state index in [1.165, 1.54) is 160 Å². The fourth-order valence-corrected chi connectivity index (χ4v) is 14.1. The second-order valence-corrected chi connectivity index (χ2v) is 31.3. The first-order chi connectivity index (χ1) is 56.7. The van der Waals surface area contributed by atoms with Gasteiger partial charge in [0.2, 0.25) is 71.5 Å². The van der Waals surface area contributed by atoms with Gasteiger partial charge in [-0.1, -0.05) is 236 Å². The molecular formula is C87H141N17O13. The highest BCUT2D eigenvalue weighted by Gasteiger charge is 2.42. The first-order valence-electron chi connectivity index (χ1n) is 43.9. The molecule has 8 atom stereocenters. The molecule has 1 fully saturated rings. The van der Waals surface area contributed by atoms with Crippen LogP contribution in [0.5, 0.6) is 0 Å². The van der Waals surface area contributed by atoms with Crippen LogP contribution in [0.15, 0.2) is 73.3 Å². The average Bonchev–Trinajstić information content (AvgIpc) is 1.70. The molecule has 0 spiro atoms. The molecule has 117 heavy (non-hydrogen) atoms. The third-order valence-corrected chi connectivity index (χ3v) is 21.0. The number of amides is 12. The van der Waals surface area contributed by atoms with Gasteiger partial charge < -0.3 is 78.9 Å². The molecule has 0 bridgehead atoms. The van der Waals surface area contributed by atoms with Crippen LogP contribution in [0.3, 0.4) is 0 Å². The van der Waals surface area contributed by atoms with Crippen molar-refractivity contribution in [1.82, 2.24) is 83.9 Å². The molecule has 30 nitrogen and oxygen atoms in total. The van der Waals surface area contributed by atoms with E-state index >= 15 is 0 Å². The van der Waals surface area contributed by atoms with Gasteiger partial charge in [-0.2, -0.15) is 5.01 Å². The molecule has 5 rings (SSSR count). The predicted molar refractivity (Wildman–Crippen MR) is 453 cm³/mol. The van der Waals surface area contributed by atoms with Gasteiger partial charge in [-0.25, -0.2) is 10.4 Å². The van der Waals surface area contributed by atoms with Crippen molar-refractivity contribution >= 4 is 81.8 Å². The number of nitrogens with two attached hydrogens (primary N) is 1. The van der Waals surface area contributed by atoms with Crippen molar-refractivity contribution in [3.8, 4) is 0 Å². The van der Waals surface area contributed by atoms with Crippen LogP contribution in [-0.2, 0) is 81.5 Å². The number of hydrogen-bond acceptors (Lipinski definition) is 16. The number of rotatable bonds is 66. The molecule has 12 amide bonds. The Kier molecular flexibility index (Phi) is 49.9. The highest BCUT2D eigenvalue weighted by atomic mass is 16.6. The Morgan fingerprint density at radius 3 is 1.44 bits per heavy atom. The highest BCUT2D eigenvalue weighted by molar-refractivity contribution is 5.97. The van der Waals surface area contributed by atoms with E-state index in [9.17, 15) is 57.5 Å². The van der Waals surface area contributed by atoms with Crippen LogP contribution in [0.1, 0.15) is 283 Å². The number of carbonyl (C=O) groups excluding carboxylic acids is 12. The molecule has 0 aliphatic carbocycles. The summed E-state index contributed by atoms with van der Waals surface area (Å²) < 4.78 is 5.99. The summed E-state index contributed by atoms with van der Waals surface area (Å²) in [6.45, 7) is 9.65. The van der Waals surface area contributed by atoms with Gasteiger partial charge >= 0.3 is 0 Å². The number of aromatic amines is 2. The van der Waals surface area contributed by atoms with E-state index in [-0.39, 0.29) is 70.0 Å². The predicted octanol–water partition coefficient (Wildman–Crippen LogP) is 8.53. The van der Waals surface area contributed by atoms with Crippen LogP contribution >= 0.6 is 0 Å². The van der Waals surface area contributed by atoms with Crippen molar-refractivity contribution in [3.05, 3.63) is 90.1 Å². The number of carbonyl (C=O) groups is 12. The van der Waals surface area contributed by atoms with E-state index in [4.69, 9.17) is 10.5 Å². The number of nitrogens with zero attached hydrogens (tertiary/aromatic N) is 2. The van der Waals surface area contributed by atoms with Gasteiger partial charge in [-0.05, 0) is 75.5 Å². The average molecular weight is 1630 g/mol. The summed E-state index contributed by atoms with van der Waals surface area (Å²) in [5.74, 6) is -6.98. The van der Waals surface area contributed by atoms with Gasteiger partial charge in [0.1, 0.15) is 36.3 Å². The lowest BCUT2D eigenvalue weighted by Gasteiger charge is -2.27. The van der Waals surface area contributed by atoms with Crippen molar-refractivity contribution in [2.45, 2.75) is 334 Å². The zero-order valence-electron chi connectivity index (χ0n) is 70.6. The number of H-pyrrole nitrogens is 2. The van der Waals surface area contributed by atoms with Crippen molar-refractivity contribution in [1.29, 1.82) is 0 Å². The molecule has 1 aliphatic rings. The molecule has 2 aromatic carbocycles. The van der Waals surface area contributed by atoms with E-state index in [1.807, 2.05) is 31.2 Å². The zero-order chi connectivity index (χ0) is 84.6. The fourth-order valence-electron chi connectivity index (χ4n) is 14.1. The smallest absolute Gasteiger partial charge is 0.265 e. The number of para-hydroxylation sites is 1. The molecule has 652 valence electrons. The number of fused-ring (bicyclic) bond motifs is 1. The number of benzene rings is 2.